The van der Waals surface area contributed by atoms with Gasteiger partial charge in [0, 0.05) is 22.1 Å². The number of nitrogens with zero attached hydrogens (tertiary/aromatic N) is 2. The normalized spacial score (nSPS) is 11.2. The molecule has 0 atom stereocenters. The number of aryl methyl sites for hydroxylation is 1. The molecule has 20 heavy (non-hydrogen) atoms. The third-order valence-corrected chi connectivity index (χ3v) is 4.94. The zero-order valence-corrected chi connectivity index (χ0v) is 12.4. The van der Waals surface area contributed by atoms with Crippen LogP contribution in [0.1, 0.15) is 4.88 Å². The Morgan fingerprint density at radius 3 is 3.00 bits per heavy atom. The third kappa shape index (κ3) is 1.95. The van der Waals surface area contributed by atoms with Gasteiger partial charge in [0.25, 0.3) is 0 Å². The van der Waals surface area contributed by atoms with E-state index < -0.39 is 0 Å². The van der Waals surface area contributed by atoms with E-state index in [1.54, 1.807) is 22.7 Å². The Hall–Kier alpha value is -1.98. The zero-order valence-electron chi connectivity index (χ0n) is 10.8. The number of nitrogens with one attached hydrogen (secondary N) is 1. The first-order valence-electron chi connectivity index (χ1n) is 6.25. The maximum absolute atomic E-state index is 4.41. The van der Waals surface area contributed by atoms with Crippen molar-refractivity contribution < 1.29 is 0 Å². The van der Waals surface area contributed by atoms with Gasteiger partial charge in [-0.3, -0.25) is 0 Å². The standard InChI is InChI=1S/C15H11N3S2/c1-9-6-11-12(4-5-16-15(11)20-9)18-10-2-3-14-13(7-10)17-8-19-14/h2-8H,1H3,(H,16,18). The van der Waals surface area contributed by atoms with Gasteiger partial charge in [-0.2, -0.15) is 0 Å². The number of pyridine rings is 1. The van der Waals surface area contributed by atoms with Gasteiger partial charge in [0.15, 0.2) is 0 Å². The first-order valence-corrected chi connectivity index (χ1v) is 7.95. The molecule has 3 heterocycles. The van der Waals surface area contributed by atoms with E-state index in [1.165, 1.54) is 15.0 Å². The van der Waals surface area contributed by atoms with Gasteiger partial charge in [-0.25, -0.2) is 9.97 Å². The molecular formula is C15H11N3S2. The Balaban J connectivity index is 1.79. The molecule has 0 saturated carbocycles. The molecule has 0 unspecified atom stereocenters. The molecule has 0 aliphatic rings. The summed E-state index contributed by atoms with van der Waals surface area (Å²) in [5, 5.41) is 4.65. The lowest BCUT2D eigenvalue weighted by Crippen LogP contribution is -1.91. The van der Waals surface area contributed by atoms with E-state index in [9.17, 15) is 0 Å². The maximum Gasteiger partial charge on any atom is 0.125 e. The predicted molar refractivity (Wildman–Crippen MR) is 87.3 cm³/mol. The number of benzene rings is 1. The van der Waals surface area contributed by atoms with Crippen LogP contribution in [0.3, 0.4) is 0 Å². The van der Waals surface area contributed by atoms with Gasteiger partial charge < -0.3 is 5.32 Å². The molecule has 0 aliphatic carbocycles. The van der Waals surface area contributed by atoms with Crippen LogP contribution < -0.4 is 5.32 Å². The van der Waals surface area contributed by atoms with E-state index in [0.717, 1.165) is 21.7 Å². The molecule has 3 nitrogen and oxygen atoms in total. The summed E-state index contributed by atoms with van der Waals surface area (Å²) in [7, 11) is 0. The first kappa shape index (κ1) is 11.8. The summed E-state index contributed by atoms with van der Waals surface area (Å²) in [6, 6.07) is 10.5. The van der Waals surface area contributed by atoms with E-state index in [-0.39, 0.29) is 0 Å². The molecule has 1 N–H and O–H groups in total. The SMILES string of the molecule is Cc1cc2c(Nc3ccc4scnc4c3)ccnc2s1. The number of thiophene rings is 1. The summed E-state index contributed by atoms with van der Waals surface area (Å²) in [6.45, 7) is 2.11. The van der Waals surface area contributed by atoms with Gasteiger partial charge in [0.05, 0.1) is 21.4 Å². The predicted octanol–water partition coefficient (Wildman–Crippen LogP) is 4.96. The molecule has 0 aliphatic heterocycles. The molecule has 5 heteroatoms. The van der Waals surface area contributed by atoms with Crippen molar-refractivity contribution in [2.45, 2.75) is 6.92 Å². The Bertz CT molecular complexity index is 908. The largest absolute Gasteiger partial charge is 0.355 e. The quantitative estimate of drug-likeness (QED) is 0.568. The second kappa shape index (κ2) is 4.54. The van der Waals surface area contributed by atoms with E-state index in [0.29, 0.717) is 0 Å². The number of thiazole rings is 1. The Kier molecular flexibility index (Phi) is 2.68. The minimum Gasteiger partial charge on any atom is -0.355 e. The fourth-order valence-corrected chi connectivity index (χ4v) is 3.79. The van der Waals surface area contributed by atoms with Gasteiger partial charge in [0.1, 0.15) is 4.83 Å². The summed E-state index contributed by atoms with van der Waals surface area (Å²) in [5.74, 6) is 0. The molecule has 0 radical (unpaired) electrons. The van der Waals surface area contributed by atoms with Crippen LogP contribution >= 0.6 is 22.7 Å². The van der Waals surface area contributed by atoms with Crippen LogP contribution in [0.15, 0.2) is 42.0 Å². The topological polar surface area (TPSA) is 37.8 Å². The van der Waals surface area contributed by atoms with Crippen molar-refractivity contribution in [2.24, 2.45) is 0 Å². The van der Waals surface area contributed by atoms with E-state index in [2.05, 4.69) is 46.5 Å². The lowest BCUT2D eigenvalue weighted by Gasteiger charge is -2.07. The Morgan fingerprint density at radius 2 is 2.05 bits per heavy atom. The Morgan fingerprint density at radius 1 is 1.10 bits per heavy atom. The van der Waals surface area contributed by atoms with Gasteiger partial charge in [0.2, 0.25) is 0 Å². The van der Waals surface area contributed by atoms with E-state index in [1.807, 2.05) is 17.8 Å². The fourth-order valence-electron chi connectivity index (χ4n) is 2.26. The van der Waals surface area contributed by atoms with Gasteiger partial charge in [-0.05, 0) is 37.3 Å². The number of hydrogen-bond acceptors (Lipinski definition) is 5. The van der Waals surface area contributed by atoms with Crippen molar-refractivity contribution in [3.05, 3.63) is 46.9 Å². The van der Waals surface area contributed by atoms with E-state index in [4.69, 9.17) is 0 Å². The number of anilines is 2. The molecule has 0 spiro atoms. The minimum absolute atomic E-state index is 1.03. The summed E-state index contributed by atoms with van der Waals surface area (Å²) < 4.78 is 1.21. The van der Waals surface area contributed by atoms with Gasteiger partial charge in [-0.15, -0.1) is 22.7 Å². The highest BCUT2D eigenvalue weighted by Crippen LogP contribution is 2.31. The molecule has 4 rings (SSSR count). The van der Waals surface area contributed by atoms with Crippen LogP contribution in [0, 0.1) is 6.92 Å². The lowest BCUT2D eigenvalue weighted by molar-refractivity contribution is 1.43. The highest BCUT2D eigenvalue weighted by Gasteiger charge is 2.06. The molecule has 0 fully saturated rings. The van der Waals surface area contributed by atoms with Crippen LogP contribution in [0.5, 0.6) is 0 Å². The smallest absolute Gasteiger partial charge is 0.125 e. The third-order valence-electron chi connectivity index (χ3n) is 3.17. The Labute approximate surface area is 123 Å². The van der Waals surface area contributed by atoms with Crippen LogP contribution in [0.25, 0.3) is 20.4 Å². The van der Waals surface area contributed by atoms with Crippen molar-refractivity contribution in [2.75, 3.05) is 5.32 Å². The average Bonchev–Trinajstić information content (AvgIpc) is 3.04. The number of fused-ring (bicyclic) bond motifs is 2. The average molecular weight is 297 g/mol. The minimum atomic E-state index is 1.03. The van der Waals surface area contributed by atoms with Crippen molar-refractivity contribution >= 4 is 54.5 Å². The highest BCUT2D eigenvalue weighted by atomic mass is 32.1. The summed E-state index contributed by atoms with van der Waals surface area (Å²) in [5.41, 5.74) is 5.06. The first-order chi connectivity index (χ1) is 9.79. The van der Waals surface area contributed by atoms with Crippen molar-refractivity contribution in [3.63, 3.8) is 0 Å². The van der Waals surface area contributed by atoms with Crippen LogP contribution in [0.2, 0.25) is 0 Å². The molecule has 98 valence electrons. The second-order valence-electron chi connectivity index (χ2n) is 4.59. The number of aromatic nitrogens is 2. The molecule has 3 aromatic heterocycles. The van der Waals surface area contributed by atoms with Crippen molar-refractivity contribution in [3.8, 4) is 0 Å². The lowest BCUT2D eigenvalue weighted by atomic mass is 10.2. The monoisotopic (exact) mass is 297 g/mol. The van der Waals surface area contributed by atoms with Crippen LogP contribution in [-0.4, -0.2) is 9.97 Å². The summed E-state index contributed by atoms with van der Waals surface area (Å²) >= 11 is 3.38. The summed E-state index contributed by atoms with van der Waals surface area (Å²) in [4.78, 5) is 11.1. The molecule has 0 saturated heterocycles. The summed E-state index contributed by atoms with van der Waals surface area (Å²) in [6.07, 6.45) is 1.85. The van der Waals surface area contributed by atoms with Crippen LogP contribution in [0.4, 0.5) is 11.4 Å². The molecule has 4 aromatic rings. The number of hydrogen-bond donors (Lipinski definition) is 1. The second-order valence-corrected chi connectivity index (χ2v) is 6.72. The molecule has 1 aromatic carbocycles. The maximum atomic E-state index is 4.41. The number of rotatable bonds is 2. The van der Waals surface area contributed by atoms with E-state index >= 15 is 0 Å². The molecule has 0 amide bonds. The zero-order chi connectivity index (χ0) is 13.5. The van der Waals surface area contributed by atoms with Crippen LogP contribution in [-0.2, 0) is 0 Å². The van der Waals surface area contributed by atoms with Crippen molar-refractivity contribution in [1.82, 2.24) is 9.97 Å². The van der Waals surface area contributed by atoms with Crippen molar-refractivity contribution in [1.29, 1.82) is 0 Å². The van der Waals surface area contributed by atoms with Gasteiger partial charge in [-0.1, -0.05) is 0 Å². The fraction of sp³-hybridized carbons (Fsp3) is 0.0667. The van der Waals surface area contributed by atoms with Gasteiger partial charge >= 0.3 is 0 Å². The molecular weight excluding hydrogens is 286 g/mol. The highest BCUT2D eigenvalue weighted by molar-refractivity contribution is 7.18. The molecule has 0 bridgehead atoms.